The quantitative estimate of drug-likeness (QED) is 0.809. The topological polar surface area (TPSA) is 84.6 Å². The molecule has 130 valence electrons. The Kier molecular flexibility index (Phi) is 5.62. The van der Waals surface area contributed by atoms with E-state index in [-0.39, 0.29) is 18.9 Å². The van der Waals surface area contributed by atoms with Gasteiger partial charge in [0.25, 0.3) is 0 Å². The van der Waals surface area contributed by atoms with Gasteiger partial charge in [-0.15, -0.1) is 0 Å². The first-order chi connectivity index (χ1) is 11.3. The predicted octanol–water partition coefficient (Wildman–Crippen LogP) is 1.95. The summed E-state index contributed by atoms with van der Waals surface area (Å²) in [5, 5.41) is 17.1. The van der Waals surface area contributed by atoms with Crippen LogP contribution in [0.25, 0.3) is 0 Å². The van der Waals surface area contributed by atoms with E-state index in [0.717, 1.165) is 16.9 Å². The number of carbonyl (C=O) groups is 1. The van der Waals surface area contributed by atoms with Crippen LogP contribution >= 0.6 is 0 Å². The Hall–Kier alpha value is -2.34. The Labute approximate surface area is 141 Å². The van der Waals surface area contributed by atoms with Crippen LogP contribution in [0.3, 0.4) is 0 Å². The number of aryl methyl sites for hydroxylation is 2. The van der Waals surface area contributed by atoms with Gasteiger partial charge in [0.05, 0.1) is 24.8 Å². The minimum atomic E-state index is -1.04. The molecule has 1 unspecified atom stereocenters. The normalized spacial score (nSPS) is 13.4. The molecule has 0 radical (unpaired) electrons. The zero-order valence-electron chi connectivity index (χ0n) is 14.5. The van der Waals surface area contributed by atoms with Gasteiger partial charge in [0.1, 0.15) is 11.5 Å². The van der Waals surface area contributed by atoms with Crippen molar-refractivity contribution in [3.63, 3.8) is 0 Å². The van der Waals surface area contributed by atoms with Gasteiger partial charge in [-0.3, -0.25) is 4.79 Å². The number of benzene rings is 1. The Bertz CT molecular complexity index is 670. The number of nitrogens with one attached hydrogen (secondary N) is 1. The van der Waals surface area contributed by atoms with Gasteiger partial charge in [0.15, 0.2) is 0 Å². The van der Waals surface area contributed by atoms with E-state index in [1.807, 2.05) is 24.3 Å². The minimum absolute atomic E-state index is 0.167. The molecule has 1 aromatic carbocycles. The molecule has 1 aromatic heterocycles. The van der Waals surface area contributed by atoms with Gasteiger partial charge < -0.3 is 19.7 Å². The van der Waals surface area contributed by atoms with E-state index in [4.69, 9.17) is 9.26 Å². The highest BCUT2D eigenvalue weighted by molar-refractivity contribution is 5.79. The molecule has 0 aliphatic rings. The molecule has 0 saturated carbocycles. The van der Waals surface area contributed by atoms with E-state index >= 15 is 0 Å². The van der Waals surface area contributed by atoms with Crippen LogP contribution in [0, 0.1) is 13.8 Å². The van der Waals surface area contributed by atoms with Crippen LogP contribution < -0.4 is 10.1 Å². The third-order valence-corrected chi connectivity index (χ3v) is 3.93. The lowest BCUT2D eigenvalue weighted by atomic mass is 9.96. The van der Waals surface area contributed by atoms with Crippen molar-refractivity contribution in [1.29, 1.82) is 0 Å². The van der Waals surface area contributed by atoms with Crippen LogP contribution in [0.4, 0.5) is 0 Å². The largest absolute Gasteiger partial charge is 0.497 e. The van der Waals surface area contributed by atoms with Gasteiger partial charge in [0.2, 0.25) is 5.91 Å². The summed E-state index contributed by atoms with van der Waals surface area (Å²) in [6.07, 6.45) is 0.627. The molecular weight excluding hydrogens is 308 g/mol. The molecule has 0 aliphatic heterocycles. The zero-order valence-corrected chi connectivity index (χ0v) is 14.5. The van der Waals surface area contributed by atoms with E-state index in [9.17, 15) is 9.90 Å². The fraction of sp³-hybridized carbons (Fsp3) is 0.444. The van der Waals surface area contributed by atoms with E-state index in [1.54, 1.807) is 27.9 Å². The van der Waals surface area contributed by atoms with Crippen molar-refractivity contribution in [2.24, 2.45) is 0 Å². The molecule has 0 bridgehead atoms. The number of methoxy groups -OCH3 is 1. The van der Waals surface area contributed by atoms with E-state index in [2.05, 4.69) is 10.5 Å². The molecule has 1 atom stereocenters. The Morgan fingerprint density at radius 3 is 2.54 bits per heavy atom. The van der Waals surface area contributed by atoms with Crippen LogP contribution in [-0.4, -0.2) is 35.4 Å². The summed E-state index contributed by atoms with van der Waals surface area (Å²) < 4.78 is 10.2. The number of nitrogens with zero attached hydrogens (tertiary/aromatic N) is 1. The highest BCUT2D eigenvalue weighted by Crippen LogP contribution is 2.17. The molecule has 2 N–H and O–H groups in total. The molecule has 0 fully saturated rings. The van der Waals surface area contributed by atoms with Crippen LogP contribution in [0.1, 0.15) is 29.5 Å². The second kappa shape index (κ2) is 7.49. The lowest BCUT2D eigenvalue weighted by molar-refractivity contribution is -0.121. The lowest BCUT2D eigenvalue weighted by Gasteiger charge is -2.24. The van der Waals surface area contributed by atoms with Crippen LogP contribution in [-0.2, 0) is 17.6 Å². The first-order valence-electron chi connectivity index (χ1n) is 7.84. The molecule has 1 heterocycles. The van der Waals surface area contributed by atoms with E-state index in [0.29, 0.717) is 17.9 Å². The van der Waals surface area contributed by atoms with Crippen molar-refractivity contribution in [3.8, 4) is 5.75 Å². The first-order valence-corrected chi connectivity index (χ1v) is 7.84. The van der Waals surface area contributed by atoms with Crippen molar-refractivity contribution in [1.82, 2.24) is 10.5 Å². The molecule has 2 rings (SSSR count). The maximum absolute atomic E-state index is 12.1. The molecule has 0 aliphatic carbocycles. The fourth-order valence-corrected chi connectivity index (χ4v) is 2.51. The molecule has 6 heteroatoms. The van der Waals surface area contributed by atoms with Crippen molar-refractivity contribution in [2.45, 2.75) is 39.2 Å². The first kappa shape index (κ1) is 18.0. The summed E-state index contributed by atoms with van der Waals surface area (Å²) in [5.74, 6) is 1.25. The second-order valence-corrected chi connectivity index (χ2v) is 6.28. The average Bonchev–Trinajstić information content (AvgIpc) is 2.85. The molecular formula is C18H24N2O4. The van der Waals surface area contributed by atoms with Crippen molar-refractivity contribution in [2.75, 3.05) is 13.7 Å². The van der Waals surface area contributed by atoms with Crippen LogP contribution in [0.2, 0.25) is 0 Å². The number of rotatable bonds is 7. The van der Waals surface area contributed by atoms with Gasteiger partial charge in [-0.2, -0.15) is 0 Å². The smallest absolute Gasteiger partial charge is 0.224 e. The minimum Gasteiger partial charge on any atom is -0.497 e. The molecule has 24 heavy (non-hydrogen) atoms. The Balaban J connectivity index is 1.88. The highest BCUT2D eigenvalue weighted by atomic mass is 16.5. The lowest BCUT2D eigenvalue weighted by Crippen LogP contribution is -2.42. The molecule has 0 saturated heterocycles. The van der Waals surface area contributed by atoms with Gasteiger partial charge >= 0.3 is 0 Å². The number of aliphatic hydroxyl groups is 1. The maximum Gasteiger partial charge on any atom is 0.224 e. The van der Waals surface area contributed by atoms with Crippen LogP contribution in [0.15, 0.2) is 28.8 Å². The number of amides is 1. The van der Waals surface area contributed by atoms with Gasteiger partial charge in [0, 0.05) is 18.5 Å². The standard InChI is InChI=1S/C18H24N2O4/c1-12-16(13(2)24-20-12)9-17(21)19-11-18(3,22)10-14-5-7-15(23-4)8-6-14/h5-8,22H,9-11H2,1-4H3,(H,19,21). The van der Waals surface area contributed by atoms with Gasteiger partial charge in [-0.25, -0.2) is 0 Å². The highest BCUT2D eigenvalue weighted by Gasteiger charge is 2.22. The summed E-state index contributed by atoms with van der Waals surface area (Å²) >= 11 is 0. The summed E-state index contributed by atoms with van der Waals surface area (Å²) in [4.78, 5) is 12.1. The number of hydrogen-bond acceptors (Lipinski definition) is 5. The molecule has 0 spiro atoms. The molecule has 2 aromatic rings. The SMILES string of the molecule is COc1ccc(CC(C)(O)CNC(=O)Cc2c(C)noc2C)cc1. The van der Waals surface area contributed by atoms with Crippen molar-refractivity contribution in [3.05, 3.63) is 46.8 Å². The third kappa shape index (κ3) is 4.83. The second-order valence-electron chi connectivity index (χ2n) is 6.28. The van der Waals surface area contributed by atoms with Crippen molar-refractivity contribution >= 4 is 5.91 Å². The van der Waals surface area contributed by atoms with Crippen LogP contribution in [0.5, 0.6) is 5.75 Å². The van der Waals surface area contributed by atoms with Gasteiger partial charge in [-0.1, -0.05) is 17.3 Å². The predicted molar refractivity (Wildman–Crippen MR) is 90.0 cm³/mol. The number of carbonyl (C=O) groups excluding carboxylic acids is 1. The molecule has 1 amide bonds. The Morgan fingerprint density at radius 1 is 1.33 bits per heavy atom. The summed E-state index contributed by atoms with van der Waals surface area (Å²) in [7, 11) is 1.61. The number of aromatic nitrogens is 1. The average molecular weight is 332 g/mol. The zero-order chi connectivity index (χ0) is 17.7. The molecule has 6 nitrogen and oxygen atoms in total. The number of hydrogen-bond donors (Lipinski definition) is 2. The summed E-state index contributed by atoms with van der Waals surface area (Å²) in [6, 6.07) is 7.50. The fourth-order valence-electron chi connectivity index (χ4n) is 2.51. The Morgan fingerprint density at radius 2 is 2.00 bits per heavy atom. The van der Waals surface area contributed by atoms with Gasteiger partial charge in [-0.05, 0) is 38.5 Å². The monoisotopic (exact) mass is 332 g/mol. The third-order valence-electron chi connectivity index (χ3n) is 3.93. The maximum atomic E-state index is 12.1. The summed E-state index contributed by atoms with van der Waals surface area (Å²) in [6.45, 7) is 5.45. The van der Waals surface area contributed by atoms with E-state index < -0.39 is 5.60 Å². The van der Waals surface area contributed by atoms with Crippen molar-refractivity contribution < 1.29 is 19.2 Å². The van der Waals surface area contributed by atoms with E-state index in [1.165, 1.54) is 0 Å². The number of ether oxygens (including phenoxy) is 1. The summed E-state index contributed by atoms with van der Waals surface area (Å²) in [5.41, 5.74) is 1.44.